The van der Waals surface area contributed by atoms with Gasteiger partial charge in [0.05, 0.1) is 6.10 Å². The maximum atomic E-state index is 9.95. The molecule has 5 aliphatic rings. The van der Waals surface area contributed by atoms with Gasteiger partial charge in [0, 0.05) is 19.1 Å². The molecule has 40 heavy (non-hydrogen) atoms. The highest BCUT2D eigenvalue weighted by molar-refractivity contribution is 5.04. The van der Waals surface area contributed by atoms with Gasteiger partial charge in [-0.1, -0.05) is 54.4 Å². The van der Waals surface area contributed by atoms with Crippen LogP contribution in [0.15, 0.2) is 0 Å². The number of nitrogens with two attached hydrogens (primary N) is 1. The lowest BCUT2D eigenvalue weighted by Crippen LogP contribution is -2.43. The number of hydrogen-bond acceptors (Lipinski definition) is 4. The molecule has 0 aromatic heterocycles. The first-order chi connectivity index (χ1) is 19.0. The van der Waals surface area contributed by atoms with Crippen molar-refractivity contribution in [3.63, 3.8) is 0 Å². The molecule has 0 spiro atoms. The highest BCUT2D eigenvalue weighted by atomic mass is 16.3. The molecule has 4 heteroatoms. The van der Waals surface area contributed by atoms with Gasteiger partial charge in [0.25, 0.3) is 0 Å². The molecular formula is C36H67N3O. The number of rotatable bonds is 14. The molecule has 0 aromatic rings. The zero-order valence-electron chi connectivity index (χ0n) is 27.3. The molecule has 4 aliphatic carbocycles. The molecule has 1 saturated heterocycles. The lowest BCUT2D eigenvalue weighted by atomic mass is 9.65. The van der Waals surface area contributed by atoms with Gasteiger partial charge >= 0.3 is 0 Å². The van der Waals surface area contributed by atoms with E-state index in [1.165, 1.54) is 83.6 Å². The number of fused-ring (bicyclic) bond motifs is 4. The van der Waals surface area contributed by atoms with E-state index in [0.717, 1.165) is 72.9 Å². The number of hydrogen-bond donors (Lipinski definition) is 3. The lowest BCUT2D eigenvalue weighted by molar-refractivity contribution is 0.0913. The van der Waals surface area contributed by atoms with Crippen LogP contribution < -0.4 is 11.1 Å². The summed E-state index contributed by atoms with van der Waals surface area (Å²) in [6.07, 6.45) is 16.6. The van der Waals surface area contributed by atoms with Crippen molar-refractivity contribution in [3.8, 4) is 0 Å². The predicted molar refractivity (Wildman–Crippen MR) is 169 cm³/mol. The summed E-state index contributed by atoms with van der Waals surface area (Å²) in [5, 5.41) is 14.1. The number of nitrogens with zero attached hydrogens (tertiary/aromatic N) is 1. The minimum Gasteiger partial charge on any atom is -0.390 e. The first kappa shape index (κ1) is 31.3. The first-order valence-corrected chi connectivity index (χ1v) is 17.8. The SMILES string of the molecule is CC1C2CC(C1CCCC(CCCC1C(C)C3CC1C(C)(C)C3)NCC1CCN(CC(O)CN)CC1)C(C)(C)C2. The van der Waals surface area contributed by atoms with Crippen LogP contribution in [0.5, 0.6) is 0 Å². The van der Waals surface area contributed by atoms with E-state index in [1.807, 2.05) is 0 Å². The van der Waals surface area contributed by atoms with Crippen LogP contribution in [0, 0.1) is 64.1 Å². The van der Waals surface area contributed by atoms with Gasteiger partial charge in [-0.15, -0.1) is 0 Å². The van der Waals surface area contributed by atoms with Crippen molar-refractivity contribution in [1.29, 1.82) is 0 Å². The van der Waals surface area contributed by atoms with Crippen molar-refractivity contribution < 1.29 is 5.11 Å². The maximum Gasteiger partial charge on any atom is 0.0789 e. The quantitative estimate of drug-likeness (QED) is 0.216. The summed E-state index contributed by atoms with van der Waals surface area (Å²) in [5.74, 6) is 8.59. The van der Waals surface area contributed by atoms with Crippen LogP contribution in [0.2, 0.25) is 0 Å². The van der Waals surface area contributed by atoms with Crippen molar-refractivity contribution in [2.45, 2.75) is 131 Å². The second-order valence-electron chi connectivity index (χ2n) is 17.2. The van der Waals surface area contributed by atoms with E-state index < -0.39 is 0 Å². The van der Waals surface area contributed by atoms with Gasteiger partial charge in [0.1, 0.15) is 0 Å². The lowest BCUT2D eigenvalue weighted by Gasteiger charge is -2.40. The van der Waals surface area contributed by atoms with E-state index in [1.54, 1.807) is 0 Å². The standard InChI is InChI=1S/C36H67N3O/c1-24-27-17-33(35(3,4)19-27)31(24)11-7-9-29(38-22-26-13-15-39(16-14-26)23-30(40)21-37)10-8-12-32-25(2)28-18-34(32)36(5,6)20-28/h24-34,38,40H,7-23,37H2,1-6H3. The molecule has 1 aliphatic heterocycles. The summed E-state index contributed by atoms with van der Waals surface area (Å²) < 4.78 is 0. The molecule has 0 aromatic carbocycles. The third kappa shape index (κ3) is 6.81. The second kappa shape index (κ2) is 12.8. The first-order valence-electron chi connectivity index (χ1n) is 17.8. The van der Waals surface area contributed by atoms with Gasteiger partial charge in [-0.2, -0.15) is 0 Å². The molecule has 4 N–H and O–H groups in total. The van der Waals surface area contributed by atoms with Crippen molar-refractivity contribution in [3.05, 3.63) is 0 Å². The minimum absolute atomic E-state index is 0.370. The molecule has 4 saturated carbocycles. The van der Waals surface area contributed by atoms with E-state index in [2.05, 4.69) is 51.8 Å². The van der Waals surface area contributed by atoms with Crippen molar-refractivity contribution in [1.82, 2.24) is 10.2 Å². The van der Waals surface area contributed by atoms with E-state index in [9.17, 15) is 5.11 Å². The van der Waals surface area contributed by atoms with Gasteiger partial charge in [0.2, 0.25) is 0 Å². The molecule has 5 rings (SSSR count). The maximum absolute atomic E-state index is 9.95. The van der Waals surface area contributed by atoms with Crippen LogP contribution in [0.1, 0.15) is 119 Å². The van der Waals surface area contributed by atoms with Crippen LogP contribution in [-0.4, -0.2) is 54.9 Å². The van der Waals surface area contributed by atoms with E-state index in [0.29, 0.717) is 23.4 Å². The average molecular weight is 558 g/mol. The number of likely N-dealkylation sites (tertiary alicyclic amines) is 1. The van der Waals surface area contributed by atoms with Crippen LogP contribution in [-0.2, 0) is 0 Å². The van der Waals surface area contributed by atoms with Gasteiger partial charge in [-0.3, -0.25) is 0 Å². The zero-order chi connectivity index (χ0) is 28.7. The smallest absolute Gasteiger partial charge is 0.0789 e. The van der Waals surface area contributed by atoms with Crippen molar-refractivity contribution >= 4 is 0 Å². The summed E-state index contributed by atoms with van der Waals surface area (Å²) in [6, 6.07) is 0.695. The normalized spacial score (nSPS) is 40.2. The molecule has 232 valence electrons. The predicted octanol–water partition coefficient (Wildman–Crippen LogP) is 6.95. The van der Waals surface area contributed by atoms with Crippen molar-refractivity contribution in [2.24, 2.45) is 69.8 Å². The fourth-order valence-electron chi connectivity index (χ4n) is 11.4. The summed E-state index contributed by atoms with van der Waals surface area (Å²) in [6.45, 7) is 19.9. The zero-order valence-corrected chi connectivity index (χ0v) is 27.3. The van der Waals surface area contributed by atoms with E-state index in [4.69, 9.17) is 5.73 Å². The number of piperidine rings is 1. The highest BCUT2D eigenvalue weighted by Gasteiger charge is 2.54. The highest BCUT2D eigenvalue weighted by Crippen LogP contribution is 2.63. The Morgan fingerprint density at radius 1 is 0.850 bits per heavy atom. The summed E-state index contributed by atoms with van der Waals surface area (Å²) in [4.78, 5) is 2.42. The van der Waals surface area contributed by atoms with Gasteiger partial charge in [-0.25, -0.2) is 0 Å². The molecular weight excluding hydrogens is 490 g/mol. The molecule has 9 atom stereocenters. The van der Waals surface area contributed by atoms with E-state index in [-0.39, 0.29) is 6.10 Å². The Balaban J connectivity index is 1.10. The van der Waals surface area contributed by atoms with Crippen LogP contribution in [0.4, 0.5) is 0 Å². The Bertz CT molecular complexity index is 756. The Kier molecular flexibility index (Phi) is 10.0. The van der Waals surface area contributed by atoms with Gasteiger partial charge in [0.15, 0.2) is 0 Å². The molecule has 4 bridgehead atoms. The van der Waals surface area contributed by atoms with Crippen LogP contribution in [0.25, 0.3) is 0 Å². The summed E-state index contributed by atoms with van der Waals surface area (Å²) in [7, 11) is 0. The largest absolute Gasteiger partial charge is 0.390 e. The monoisotopic (exact) mass is 558 g/mol. The molecule has 9 unspecified atom stereocenters. The molecule has 5 fully saturated rings. The van der Waals surface area contributed by atoms with Gasteiger partial charge in [-0.05, 0) is 148 Å². The summed E-state index contributed by atoms with van der Waals surface area (Å²) >= 11 is 0. The van der Waals surface area contributed by atoms with Crippen LogP contribution >= 0.6 is 0 Å². The summed E-state index contributed by atoms with van der Waals surface area (Å²) in [5.41, 5.74) is 6.81. The Labute approximate surface area is 248 Å². The van der Waals surface area contributed by atoms with Crippen LogP contribution in [0.3, 0.4) is 0 Å². The molecule has 4 nitrogen and oxygen atoms in total. The van der Waals surface area contributed by atoms with Crippen molar-refractivity contribution in [2.75, 3.05) is 32.7 Å². The van der Waals surface area contributed by atoms with E-state index >= 15 is 0 Å². The number of β-amino-alcohol motifs (C(OH)–C–C–N with tert-alkyl or cyclic N) is 1. The third-order valence-electron chi connectivity index (χ3n) is 13.9. The van der Waals surface area contributed by atoms with Gasteiger partial charge < -0.3 is 21.1 Å². The molecule has 0 amide bonds. The third-order valence-corrected chi connectivity index (χ3v) is 13.9. The average Bonchev–Trinajstić information content (AvgIpc) is 3.60. The molecule has 1 heterocycles. The Morgan fingerprint density at radius 3 is 1.80 bits per heavy atom. The number of aliphatic hydroxyl groups excluding tert-OH is 1. The Hall–Kier alpha value is -0.160. The fourth-order valence-corrected chi connectivity index (χ4v) is 11.4. The fraction of sp³-hybridized carbons (Fsp3) is 1.00. The Morgan fingerprint density at radius 2 is 1.35 bits per heavy atom. The second-order valence-corrected chi connectivity index (χ2v) is 17.2. The number of nitrogens with one attached hydrogen (secondary N) is 1. The number of aliphatic hydroxyl groups is 1. The topological polar surface area (TPSA) is 61.5 Å². The minimum atomic E-state index is -0.370. The molecule has 0 radical (unpaired) electrons.